The van der Waals surface area contributed by atoms with Gasteiger partial charge in [-0.3, -0.25) is 19.7 Å². The molecular weight excluding hydrogens is 448 g/mol. The molecule has 0 bridgehead atoms. The summed E-state index contributed by atoms with van der Waals surface area (Å²) < 4.78 is 1.71. The Bertz CT molecular complexity index is 1140. The van der Waals surface area contributed by atoms with E-state index in [-0.39, 0.29) is 29.2 Å². The SMILES string of the molecule is O=C(CSc1nc2ccc(NC(=O)C3CCCCC3)cc2s1)Nc1ccc([N+](=O)[O-])cc1. The number of amides is 2. The second-order valence-electron chi connectivity index (χ2n) is 7.63. The molecule has 32 heavy (non-hydrogen) atoms. The summed E-state index contributed by atoms with van der Waals surface area (Å²) in [6, 6.07) is 11.4. The van der Waals surface area contributed by atoms with Crippen LogP contribution in [0.2, 0.25) is 0 Å². The van der Waals surface area contributed by atoms with E-state index in [2.05, 4.69) is 15.6 Å². The number of thiazole rings is 1. The Morgan fingerprint density at radius 2 is 1.78 bits per heavy atom. The van der Waals surface area contributed by atoms with Gasteiger partial charge in [0.05, 0.1) is 20.9 Å². The van der Waals surface area contributed by atoms with Crippen LogP contribution in [0.4, 0.5) is 17.1 Å². The highest BCUT2D eigenvalue weighted by Gasteiger charge is 2.21. The normalized spacial score (nSPS) is 14.2. The van der Waals surface area contributed by atoms with Crippen LogP contribution in [-0.4, -0.2) is 27.5 Å². The van der Waals surface area contributed by atoms with Gasteiger partial charge in [-0.05, 0) is 43.2 Å². The zero-order valence-corrected chi connectivity index (χ0v) is 18.8. The zero-order valence-electron chi connectivity index (χ0n) is 17.2. The third-order valence-electron chi connectivity index (χ3n) is 5.30. The second kappa shape index (κ2) is 10.1. The fraction of sp³-hybridized carbons (Fsp3) is 0.318. The number of hydrogen-bond acceptors (Lipinski definition) is 7. The number of nitrogens with zero attached hydrogens (tertiary/aromatic N) is 2. The van der Waals surface area contributed by atoms with E-state index in [1.807, 2.05) is 18.2 Å². The minimum absolute atomic E-state index is 0.0267. The number of nitro groups is 1. The molecule has 1 aliphatic carbocycles. The molecule has 2 N–H and O–H groups in total. The first-order valence-corrected chi connectivity index (χ1v) is 12.2. The summed E-state index contributed by atoms with van der Waals surface area (Å²) in [5, 5.41) is 16.5. The monoisotopic (exact) mass is 470 g/mol. The molecule has 1 aromatic heterocycles. The number of rotatable bonds is 7. The van der Waals surface area contributed by atoms with Gasteiger partial charge in [-0.15, -0.1) is 11.3 Å². The molecule has 1 fully saturated rings. The molecule has 10 heteroatoms. The molecule has 0 saturated heterocycles. The van der Waals surface area contributed by atoms with E-state index in [9.17, 15) is 19.7 Å². The van der Waals surface area contributed by atoms with Crippen LogP contribution in [0, 0.1) is 16.0 Å². The molecule has 0 unspecified atom stereocenters. The van der Waals surface area contributed by atoms with E-state index >= 15 is 0 Å². The summed E-state index contributed by atoms with van der Waals surface area (Å²) in [5.74, 6) is 0.137. The second-order valence-corrected chi connectivity index (χ2v) is 9.88. The Labute approximate surface area is 193 Å². The number of non-ortho nitro benzene ring substituents is 1. The molecular formula is C22H22N4O4S2. The molecule has 1 aliphatic rings. The van der Waals surface area contributed by atoms with E-state index < -0.39 is 4.92 Å². The van der Waals surface area contributed by atoms with Crippen molar-refractivity contribution in [3.63, 3.8) is 0 Å². The molecule has 0 radical (unpaired) electrons. The first-order valence-electron chi connectivity index (χ1n) is 10.4. The van der Waals surface area contributed by atoms with Crippen LogP contribution < -0.4 is 10.6 Å². The summed E-state index contributed by atoms with van der Waals surface area (Å²) >= 11 is 2.80. The summed E-state index contributed by atoms with van der Waals surface area (Å²) in [7, 11) is 0. The average molecular weight is 471 g/mol. The Morgan fingerprint density at radius 1 is 1.06 bits per heavy atom. The maximum atomic E-state index is 12.5. The van der Waals surface area contributed by atoms with Gasteiger partial charge in [0.2, 0.25) is 11.8 Å². The predicted octanol–water partition coefficient (Wildman–Crippen LogP) is 5.45. The number of nitro benzene ring substituents is 1. The van der Waals surface area contributed by atoms with Crippen molar-refractivity contribution in [1.29, 1.82) is 0 Å². The van der Waals surface area contributed by atoms with E-state index in [4.69, 9.17) is 0 Å². The number of benzene rings is 2. The number of nitrogens with one attached hydrogen (secondary N) is 2. The van der Waals surface area contributed by atoms with Crippen molar-refractivity contribution in [3.05, 3.63) is 52.6 Å². The predicted molar refractivity (Wildman–Crippen MR) is 127 cm³/mol. The molecule has 8 nitrogen and oxygen atoms in total. The molecule has 0 atom stereocenters. The summed E-state index contributed by atoms with van der Waals surface area (Å²) in [6.07, 6.45) is 5.35. The van der Waals surface area contributed by atoms with Crippen LogP contribution in [-0.2, 0) is 9.59 Å². The van der Waals surface area contributed by atoms with Gasteiger partial charge in [0.1, 0.15) is 0 Å². The van der Waals surface area contributed by atoms with E-state index in [0.29, 0.717) is 5.69 Å². The van der Waals surface area contributed by atoms with Gasteiger partial charge in [-0.25, -0.2) is 4.98 Å². The van der Waals surface area contributed by atoms with E-state index in [1.165, 1.54) is 53.8 Å². The van der Waals surface area contributed by atoms with Crippen LogP contribution in [0.3, 0.4) is 0 Å². The number of carbonyl (C=O) groups excluding carboxylic acids is 2. The third kappa shape index (κ3) is 5.63. The number of aromatic nitrogens is 1. The molecule has 166 valence electrons. The Balaban J connectivity index is 1.32. The van der Waals surface area contributed by atoms with Gasteiger partial charge in [0, 0.05) is 29.4 Å². The lowest BCUT2D eigenvalue weighted by Gasteiger charge is -2.20. The minimum Gasteiger partial charge on any atom is -0.326 e. The number of anilines is 2. The average Bonchev–Trinajstić information content (AvgIpc) is 3.21. The van der Waals surface area contributed by atoms with Crippen molar-refractivity contribution in [2.75, 3.05) is 16.4 Å². The van der Waals surface area contributed by atoms with E-state index in [1.54, 1.807) is 0 Å². The van der Waals surface area contributed by atoms with Crippen molar-refractivity contribution in [1.82, 2.24) is 4.98 Å². The van der Waals surface area contributed by atoms with Gasteiger partial charge >= 0.3 is 0 Å². The zero-order chi connectivity index (χ0) is 22.5. The van der Waals surface area contributed by atoms with Gasteiger partial charge < -0.3 is 10.6 Å². The van der Waals surface area contributed by atoms with Crippen LogP contribution in [0.5, 0.6) is 0 Å². The fourth-order valence-corrected chi connectivity index (χ4v) is 5.55. The number of hydrogen-bond donors (Lipinski definition) is 2. The number of carbonyl (C=O) groups is 2. The molecule has 0 aliphatic heterocycles. The van der Waals surface area contributed by atoms with Gasteiger partial charge in [-0.1, -0.05) is 31.0 Å². The minimum atomic E-state index is -0.485. The lowest BCUT2D eigenvalue weighted by Crippen LogP contribution is -2.24. The standard InChI is InChI=1S/C22H22N4O4S2/c27-20(23-15-6-9-17(10-7-15)26(29)30)13-31-22-25-18-11-8-16(12-19(18)32-22)24-21(28)14-4-2-1-3-5-14/h6-12,14H,1-5,13H2,(H,23,27)(H,24,28). The molecule has 2 aromatic carbocycles. The van der Waals surface area contributed by atoms with Crippen molar-refractivity contribution in [2.45, 2.75) is 36.4 Å². The summed E-state index contributed by atoms with van der Waals surface area (Å²) in [5.41, 5.74) is 2.07. The Morgan fingerprint density at radius 3 is 2.50 bits per heavy atom. The quantitative estimate of drug-likeness (QED) is 0.269. The third-order valence-corrected chi connectivity index (χ3v) is 7.46. The van der Waals surface area contributed by atoms with Gasteiger partial charge in [0.15, 0.2) is 4.34 Å². The number of fused-ring (bicyclic) bond motifs is 1. The lowest BCUT2D eigenvalue weighted by atomic mass is 9.88. The van der Waals surface area contributed by atoms with Crippen molar-refractivity contribution in [3.8, 4) is 0 Å². The molecule has 3 aromatic rings. The maximum Gasteiger partial charge on any atom is 0.269 e. The topological polar surface area (TPSA) is 114 Å². The Hall–Kier alpha value is -2.98. The summed E-state index contributed by atoms with van der Waals surface area (Å²) in [6.45, 7) is 0. The van der Waals surface area contributed by atoms with E-state index in [0.717, 1.165) is 45.9 Å². The number of thioether (sulfide) groups is 1. The van der Waals surface area contributed by atoms with Crippen molar-refractivity contribution in [2.24, 2.45) is 5.92 Å². The largest absolute Gasteiger partial charge is 0.326 e. The molecule has 1 heterocycles. The van der Waals surface area contributed by atoms with Gasteiger partial charge in [0.25, 0.3) is 5.69 Å². The fourth-order valence-electron chi connectivity index (χ4n) is 3.64. The highest BCUT2D eigenvalue weighted by molar-refractivity contribution is 8.01. The smallest absolute Gasteiger partial charge is 0.269 e. The lowest BCUT2D eigenvalue weighted by molar-refractivity contribution is -0.384. The molecule has 1 saturated carbocycles. The van der Waals surface area contributed by atoms with Crippen molar-refractivity contribution < 1.29 is 14.5 Å². The summed E-state index contributed by atoms with van der Waals surface area (Å²) in [4.78, 5) is 39.5. The molecule has 4 rings (SSSR count). The molecule has 2 amide bonds. The van der Waals surface area contributed by atoms with Crippen LogP contribution in [0.25, 0.3) is 10.2 Å². The first-order chi connectivity index (χ1) is 15.5. The highest BCUT2D eigenvalue weighted by Crippen LogP contribution is 2.32. The highest BCUT2D eigenvalue weighted by atomic mass is 32.2. The maximum absolute atomic E-state index is 12.5. The Kier molecular flexibility index (Phi) is 7.01. The van der Waals surface area contributed by atoms with Crippen LogP contribution in [0.1, 0.15) is 32.1 Å². The van der Waals surface area contributed by atoms with Crippen LogP contribution >= 0.6 is 23.1 Å². The first kappa shape index (κ1) is 22.2. The molecule has 0 spiro atoms. The van der Waals surface area contributed by atoms with Crippen molar-refractivity contribution >= 4 is 62.2 Å². The van der Waals surface area contributed by atoms with Gasteiger partial charge in [-0.2, -0.15) is 0 Å². The van der Waals surface area contributed by atoms with Crippen LogP contribution in [0.15, 0.2) is 46.8 Å².